The van der Waals surface area contributed by atoms with Gasteiger partial charge in [-0.1, -0.05) is 6.08 Å². The average Bonchev–Trinajstić information content (AvgIpc) is 2.76. The van der Waals surface area contributed by atoms with Gasteiger partial charge in [-0.15, -0.1) is 0 Å². The molecule has 3 aliphatic heterocycles. The zero-order valence-electron chi connectivity index (χ0n) is 9.70. The van der Waals surface area contributed by atoms with Crippen LogP contribution in [0, 0.1) is 0 Å². The lowest BCUT2D eigenvalue weighted by molar-refractivity contribution is -0.0521. The lowest BCUT2D eigenvalue weighted by atomic mass is 10.1. The summed E-state index contributed by atoms with van der Waals surface area (Å²) in [4.78, 5) is 5.71. The molecule has 0 radical (unpaired) electrons. The molecule has 0 fully saturated rings. The van der Waals surface area contributed by atoms with E-state index >= 15 is 0 Å². The second-order valence-electron chi connectivity index (χ2n) is 4.10. The largest absolute Gasteiger partial charge is 0.534 e. The van der Waals surface area contributed by atoms with E-state index in [2.05, 4.69) is 9.18 Å². The Morgan fingerprint density at radius 1 is 1.30 bits per heavy atom. The van der Waals surface area contributed by atoms with Gasteiger partial charge in [-0.3, -0.25) is 4.99 Å². The van der Waals surface area contributed by atoms with Gasteiger partial charge in [0.05, 0.1) is 11.4 Å². The molecule has 9 heteroatoms. The van der Waals surface area contributed by atoms with Gasteiger partial charge >= 0.3 is 15.6 Å². The number of hydrogen-bond donors (Lipinski definition) is 0. The Balaban J connectivity index is 2.00. The van der Waals surface area contributed by atoms with Crippen LogP contribution in [0.3, 0.4) is 0 Å². The monoisotopic (exact) mass is 304 g/mol. The molecule has 1 unspecified atom stereocenters. The number of hydrogen-bond acceptors (Lipinski definition) is 5. The van der Waals surface area contributed by atoms with Crippen molar-refractivity contribution in [3.8, 4) is 0 Å². The highest BCUT2D eigenvalue weighted by Gasteiger charge is 2.49. The number of alkyl halides is 3. The lowest BCUT2D eigenvalue weighted by Gasteiger charge is -2.31. The van der Waals surface area contributed by atoms with Crippen LogP contribution in [0.2, 0.25) is 0 Å². The van der Waals surface area contributed by atoms with Crippen molar-refractivity contribution in [3.63, 3.8) is 0 Å². The van der Waals surface area contributed by atoms with E-state index in [0.717, 1.165) is 0 Å². The molecule has 0 saturated carbocycles. The van der Waals surface area contributed by atoms with E-state index in [1.54, 1.807) is 23.3 Å². The summed E-state index contributed by atoms with van der Waals surface area (Å²) in [6.45, 7) is 0. The Morgan fingerprint density at radius 2 is 2.05 bits per heavy atom. The summed E-state index contributed by atoms with van der Waals surface area (Å²) in [5.41, 5.74) is -4.59. The highest BCUT2D eigenvalue weighted by molar-refractivity contribution is 7.87. The van der Waals surface area contributed by atoms with Crippen molar-refractivity contribution in [2.75, 3.05) is 0 Å². The predicted octanol–water partition coefficient (Wildman–Crippen LogP) is 1.80. The van der Waals surface area contributed by atoms with E-state index in [4.69, 9.17) is 0 Å². The summed E-state index contributed by atoms with van der Waals surface area (Å²) in [5, 5.41) is 0. The fourth-order valence-electron chi connectivity index (χ4n) is 1.99. The molecule has 3 rings (SSSR count). The molecule has 0 bridgehead atoms. The summed E-state index contributed by atoms with van der Waals surface area (Å²) in [6.07, 6.45) is 8.56. The summed E-state index contributed by atoms with van der Waals surface area (Å²) in [6, 6.07) is 0. The third kappa shape index (κ3) is 1.85. The van der Waals surface area contributed by atoms with E-state index in [1.165, 1.54) is 18.2 Å². The molecule has 0 aliphatic carbocycles. The predicted molar refractivity (Wildman–Crippen MR) is 63.6 cm³/mol. The van der Waals surface area contributed by atoms with E-state index in [9.17, 15) is 21.6 Å². The maximum atomic E-state index is 12.4. The van der Waals surface area contributed by atoms with E-state index in [1.807, 2.05) is 0 Å². The van der Waals surface area contributed by atoms with E-state index in [0.29, 0.717) is 5.70 Å². The van der Waals surface area contributed by atoms with Crippen molar-refractivity contribution in [1.29, 1.82) is 0 Å². The zero-order valence-corrected chi connectivity index (χ0v) is 10.5. The van der Waals surface area contributed by atoms with Gasteiger partial charge in [0.15, 0.2) is 5.76 Å². The van der Waals surface area contributed by atoms with Crippen LogP contribution in [0.15, 0.2) is 52.5 Å². The molecule has 0 amide bonds. The third-order valence-electron chi connectivity index (χ3n) is 2.84. The van der Waals surface area contributed by atoms with Crippen LogP contribution in [-0.4, -0.2) is 31.2 Å². The maximum Gasteiger partial charge on any atom is 0.534 e. The highest BCUT2D eigenvalue weighted by Crippen LogP contribution is 2.36. The second-order valence-corrected chi connectivity index (χ2v) is 5.64. The number of rotatable bonds is 2. The van der Waals surface area contributed by atoms with Crippen molar-refractivity contribution in [1.82, 2.24) is 4.90 Å². The first-order valence-corrected chi connectivity index (χ1v) is 6.84. The van der Waals surface area contributed by atoms with E-state index < -0.39 is 15.6 Å². The molecular formula is C11H7F3N2O3S. The smallest absolute Gasteiger partial charge is 0.374 e. The van der Waals surface area contributed by atoms with Crippen molar-refractivity contribution in [3.05, 3.63) is 47.5 Å². The first-order chi connectivity index (χ1) is 9.29. The van der Waals surface area contributed by atoms with E-state index in [-0.39, 0.29) is 17.6 Å². The van der Waals surface area contributed by atoms with Crippen LogP contribution >= 0.6 is 0 Å². The van der Waals surface area contributed by atoms with Gasteiger partial charge in [0.1, 0.15) is 6.17 Å². The van der Waals surface area contributed by atoms with Gasteiger partial charge in [-0.2, -0.15) is 21.6 Å². The van der Waals surface area contributed by atoms with Gasteiger partial charge in [-0.05, 0) is 24.3 Å². The Morgan fingerprint density at radius 3 is 2.75 bits per heavy atom. The van der Waals surface area contributed by atoms with Gasteiger partial charge in [-0.25, -0.2) is 0 Å². The number of allylic oxidation sites excluding steroid dienone is 5. The normalized spacial score (nSPS) is 24.1. The first kappa shape index (κ1) is 13.0. The van der Waals surface area contributed by atoms with Crippen molar-refractivity contribution >= 4 is 16.3 Å². The van der Waals surface area contributed by atoms with Gasteiger partial charge in [0, 0.05) is 6.21 Å². The molecule has 0 aromatic carbocycles. The Kier molecular flexibility index (Phi) is 2.58. The number of nitrogens with zero attached hydrogens (tertiary/aromatic N) is 2. The molecular weight excluding hydrogens is 297 g/mol. The molecule has 0 saturated heterocycles. The fourth-order valence-corrected chi connectivity index (χ4v) is 2.46. The van der Waals surface area contributed by atoms with Crippen LogP contribution in [0.4, 0.5) is 13.2 Å². The summed E-state index contributed by atoms with van der Waals surface area (Å²) in [5.74, 6) is -0.383. The van der Waals surface area contributed by atoms with Crippen LogP contribution in [-0.2, 0) is 14.3 Å². The van der Waals surface area contributed by atoms with Crippen molar-refractivity contribution in [2.24, 2.45) is 4.99 Å². The summed E-state index contributed by atoms with van der Waals surface area (Å²) >= 11 is 0. The third-order valence-corrected chi connectivity index (χ3v) is 3.80. The maximum absolute atomic E-state index is 12.4. The van der Waals surface area contributed by atoms with Crippen LogP contribution in [0.5, 0.6) is 0 Å². The minimum atomic E-state index is -5.69. The Bertz CT molecular complexity index is 714. The molecule has 0 spiro atoms. The molecule has 106 valence electrons. The standard InChI is InChI=1S/C11H7F3N2O3S/c12-11(13,14)20(17,18)19-9-4-5-10-15-6-7-2-1-3-8(9)16(7)10/h1-6,10H. The molecule has 0 aromatic rings. The topological polar surface area (TPSA) is 59.0 Å². The van der Waals surface area contributed by atoms with Gasteiger partial charge in [0.2, 0.25) is 0 Å². The fraction of sp³-hybridized carbons (Fsp3) is 0.182. The van der Waals surface area contributed by atoms with Gasteiger partial charge in [0.25, 0.3) is 0 Å². The second kappa shape index (κ2) is 3.98. The first-order valence-electron chi connectivity index (χ1n) is 5.44. The number of aliphatic imine (C=N–C) groups is 1. The molecule has 0 N–H and O–H groups in total. The molecule has 20 heavy (non-hydrogen) atoms. The Hall–Kier alpha value is -2.03. The quantitative estimate of drug-likeness (QED) is 0.576. The SMILES string of the molecule is O=S(=O)(OC1=C2C=CC=C3C=NC(C=C1)N32)C(F)(F)F. The minimum Gasteiger partial charge on any atom is -0.374 e. The average molecular weight is 304 g/mol. The summed E-state index contributed by atoms with van der Waals surface area (Å²) in [7, 11) is -5.69. The zero-order chi connectivity index (χ0) is 14.5. The van der Waals surface area contributed by atoms with Crippen LogP contribution < -0.4 is 0 Å². The van der Waals surface area contributed by atoms with Crippen molar-refractivity contribution in [2.45, 2.75) is 11.7 Å². The highest BCUT2D eigenvalue weighted by atomic mass is 32.2. The van der Waals surface area contributed by atoms with Crippen molar-refractivity contribution < 1.29 is 25.8 Å². The Labute approximate surface area is 112 Å². The molecule has 3 aliphatic rings. The van der Waals surface area contributed by atoms with Crippen LogP contribution in [0.25, 0.3) is 0 Å². The number of halogens is 3. The van der Waals surface area contributed by atoms with Crippen LogP contribution in [0.1, 0.15) is 0 Å². The molecule has 0 aromatic heterocycles. The molecule has 1 atom stereocenters. The molecule has 5 nitrogen and oxygen atoms in total. The minimum absolute atomic E-state index is 0.223. The van der Waals surface area contributed by atoms with Gasteiger partial charge < -0.3 is 9.08 Å². The molecule has 3 heterocycles. The summed E-state index contributed by atoms with van der Waals surface area (Å²) < 4.78 is 63.4. The lowest BCUT2D eigenvalue weighted by Crippen LogP contribution is -2.33.